The molecule has 0 radical (unpaired) electrons. The standard InChI is InChI=1S/C24H25ClFN5/c1-3-31-9-8-22(15(2)14-31)29-17-5-7-23-19(10-17)24(16(12-27)13-28-23)30-18-4-6-21(26)20(25)11-18/h4-7,10-11,13,15,22,29H,3,8-9,14H2,1-2H3,(H,28,30). The predicted octanol–water partition coefficient (Wildman–Crippen LogP) is 5.78. The second-order valence-electron chi connectivity index (χ2n) is 8.05. The Balaban J connectivity index is 1.67. The zero-order valence-corrected chi connectivity index (χ0v) is 18.4. The van der Waals surface area contributed by atoms with Crippen molar-refractivity contribution in [2.24, 2.45) is 5.92 Å². The molecular weight excluding hydrogens is 413 g/mol. The summed E-state index contributed by atoms with van der Waals surface area (Å²) >= 11 is 5.93. The van der Waals surface area contributed by atoms with Crippen molar-refractivity contribution in [3.63, 3.8) is 0 Å². The second-order valence-corrected chi connectivity index (χ2v) is 8.46. The molecule has 0 aliphatic carbocycles. The van der Waals surface area contributed by atoms with Crippen molar-refractivity contribution in [2.75, 3.05) is 30.3 Å². The van der Waals surface area contributed by atoms with Gasteiger partial charge < -0.3 is 15.5 Å². The minimum atomic E-state index is -0.484. The number of aromatic nitrogens is 1. The van der Waals surface area contributed by atoms with Crippen LogP contribution in [0.3, 0.4) is 0 Å². The molecule has 0 saturated carbocycles. The fraction of sp³-hybridized carbons (Fsp3) is 0.333. The number of rotatable bonds is 5. The summed E-state index contributed by atoms with van der Waals surface area (Å²) in [4.78, 5) is 6.90. The largest absolute Gasteiger partial charge is 0.382 e. The molecule has 31 heavy (non-hydrogen) atoms. The van der Waals surface area contributed by atoms with Crippen LogP contribution in [-0.4, -0.2) is 35.6 Å². The van der Waals surface area contributed by atoms with E-state index < -0.39 is 5.82 Å². The normalized spacial score (nSPS) is 19.2. The number of nitrogens with one attached hydrogen (secondary N) is 2. The molecule has 1 fully saturated rings. The molecule has 1 saturated heterocycles. The zero-order valence-electron chi connectivity index (χ0n) is 17.6. The van der Waals surface area contributed by atoms with Crippen molar-refractivity contribution < 1.29 is 4.39 Å². The Bertz CT molecular complexity index is 1140. The Hall–Kier alpha value is -2.88. The average molecular weight is 438 g/mol. The van der Waals surface area contributed by atoms with Gasteiger partial charge in [0.25, 0.3) is 0 Å². The summed E-state index contributed by atoms with van der Waals surface area (Å²) < 4.78 is 13.6. The van der Waals surface area contributed by atoms with E-state index in [0.717, 1.165) is 42.6 Å². The molecule has 160 valence electrons. The SMILES string of the molecule is CCN1CCC(Nc2ccc3ncc(C#N)c(Nc4ccc(F)c(Cl)c4)c3c2)C(C)C1. The molecule has 0 spiro atoms. The highest BCUT2D eigenvalue weighted by Gasteiger charge is 2.25. The maximum Gasteiger partial charge on any atom is 0.141 e. The summed E-state index contributed by atoms with van der Waals surface area (Å²) in [5.41, 5.74) is 3.41. The predicted molar refractivity (Wildman–Crippen MR) is 124 cm³/mol. The van der Waals surface area contributed by atoms with E-state index in [4.69, 9.17) is 11.6 Å². The van der Waals surface area contributed by atoms with Crippen LogP contribution in [0.2, 0.25) is 5.02 Å². The fourth-order valence-corrected chi connectivity index (χ4v) is 4.35. The Labute approximate surface area is 186 Å². The van der Waals surface area contributed by atoms with Crippen LogP contribution in [0.5, 0.6) is 0 Å². The van der Waals surface area contributed by atoms with Gasteiger partial charge in [0.15, 0.2) is 0 Å². The minimum absolute atomic E-state index is 0.0247. The second kappa shape index (κ2) is 9.09. The summed E-state index contributed by atoms with van der Waals surface area (Å²) in [6, 6.07) is 13.0. The van der Waals surface area contributed by atoms with Gasteiger partial charge in [-0.25, -0.2) is 4.39 Å². The van der Waals surface area contributed by atoms with E-state index in [-0.39, 0.29) is 5.02 Å². The van der Waals surface area contributed by atoms with Gasteiger partial charge in [0, 0.05) is 42.1 Å². The number of anilines is 3. The highest BCUT2D eigenvalue weighted by molar-refractivity contribution is 6.31. The number of pyridine rings is 1. The molecule has 2 aromatic carbocycles. The van der Waals surface area contributed by atoms with Gasteiger partial charge in [0.1, 0.15) is 11.9 Å². The topological polar surface area (TPSA) is 64.0 Å². The van der Waals surface area contributed by atoms with Crippen LogP contribution in [-0.2, 0) is 0 Å². The molecule has 5 nitrogen and oxygen atoms in total. The lowest BCUT2D eigenvalue weighted by Gasteiger charge is -2.37. The van der Waals surface area contributed by atoms with Crippen molar-refractivity contribution in [3.05, 3.63) is 59.0 Å². The highest BCUT2D eigenvalue weighted by Crippen LogP contribution is 2.32. The molecule has 1 aromatic heterocycles. The molecule has 2 unspecified atom stereocenters. The molecular formula is C24H25ClFN5. The van der Waals surface area contributed by atoms with Gasteiger partial charge in [-0.3, -0.25) is 4.98 Å². The fourth-order valence-electron chi connectivity index (χ4n) is 4.17. The van der Waals surface area contributed by atoms with Gasteiger partial charge in [0.05, 0.1) is 21.8 Å². The molecule has 3 aromatic rings. The van der Waals surface area contributed by atoms with Crippen LogP contribution in [0.25, 0.3) is 10.9 Å². The smallest absolute Gasteiger partial charge is 0.141 e. The van der Waals surface area contributed by atoms with Crippen LogP contribution in [0.1, 0.15) is 25.8 Å². The summed E-state index contributed by atoms with van der Waals surface area (Å²) in [7, 11) is 0. The minimum Gasteiger partial charge on any atom is -0.382 e. The number of nitriles is 1. The summed E-state index contributed by atoms with van der Waals surface area (Å²) in [5.74, 6) is 0.0500. The van der Waals surface area contributed by atoms with E-state index >= 15 is 0 Å². The molecule has 7 heteroatoms. The van der Waals surface area contributed by atoms with Gasteiger partial charge in [-0.2, -0.15) is 5.26 Å². The number of piperidine rings is 1. The molecule has 2 N–H and O–H groups in total. The average Bonchev–Trinajstić information content (AvgIpc) is 2.78. The Morgan fingerprint density at radius 2 is 2.06 bits per heavy atom. The van der Waals surface area contributed by atoms with E-state index in [1.165, 1.54) is 12.1 Å². The zero-order chi connectivity index (χ0) is 22.0. The third-order valence-electron chi connectivity index (χ3n) is 5.97. The van der Waals surface area contributed by atoms with Gasteiger partial charge in [-0.1, -0.05) is 25.4 Å². The van der Waals surface area contributed by atoms with Crippen LogP contribution in [0.15, 0.2) is 42.6 Å². The molecule has 4 rings (SSSR count). The van der Waals surface area contributed by atoms with E-state index in [0.29, 0.717) is 28.9 Å². The molecule has 1 aliphatic heterocycles. The number of benzene rings is 2. The number of nitrogens with zero attached hydrogens (tertiary/aromatic N) is 3. The lowest BCUT2D eigenvalue weighted by atomic mass is 9.93. The maximum atomic E-state index is 13.6. The van der Waals surface area contributed by atoms with Gasteiger partial charge >= 0.3 is 0 Å². The highest BCUT2D eigenvalue weighted by atomic mass is 35.5. The molecule has 2 heterocycles. The first-order valence-corrected chi connectivity index (χ1v) is 10.9. The molecule has 0 amide bonds. The van der Waals surface area contributed by atoms with Crippen molar-refractivity contribution in [1.82, 2.24) is 9.88 Å². The first kappa shape index (κ1) is 21.4. The lowest BCUT2D eigenvalue weighted by molar-refractivity contribution is 0.179. The number of fused-ring (bicyclic) bond motifs is 1. The van der Waals surface area contributed by atoms with Crippen molar-refractivity contribution in [1.29, 1.82) is 5.26 Å². The Kier molecular flexibility index (Phi) is 6.26. The summed E-state index contributed by atoms with van der Waals surface area (Å²) in [6.07, 6.45) is 2.63. The lowest BCUT2D eigenvalue weighted by Crippen LogP contribution is -2.44. The van der Waals surface area contributed by atoms with Crippen molar-refractivity contribution >= 4 is 39.6 Å². The first-order valence-electron chi connectivity index (χ1n) is 10.5. The van der Waals surface area contributed by atoms with Gasteiger partial charge in [-0.15, -0.1) is 0 Å². The number of likely N-dealkylation sites (tertiary alicyclic amines) is 1. The monoisotopic (exact) mass is 437 g/mol. The number of hydrogen-bond acceptors (Lipinski definition) is 5. The summed E-state index contributed by atoms with van der Waals surface area (Å²) in [5, 5.41) is 17.4. The molecule has 0 bridgehead atoms. The van der Waals surface area contributed by atoms with Crippen molar-refractivity contribution in [3.8, 4) is 6.07 Å². The molecule has 2 atom stereocenters. The van der Waals surface area contributed by atoms with E-state index in [1.54, 1.807) is 12.3 Å². The van der Waals surface area contributed by atoms with Crippen LogP contribution >= 0.6 is 11.6 Å². The van der Waals surface area contributed by atoms with Crippen molar-refractivity contribution in [2.45, 2.75) is 26.3 Å². The maximum absolute atomic E-state index is 13.6. The van der Waals surface area contributed by atoms with E-state index in [9.17, 15) is 9.65 Å². The van der Waals surface area contributed by atoms with Gasteiger partial charge in [-0.05, 0) is 55.3 Å². The first-order chi connectivity index (χ1) is 15.0. The number of hydrogen-bond donors (Lipinski definition) is 2. The third-order valence-corrected chi connectivity index (χ3v) is 6.26. The van der Waals surface area contributed by atoms with E-state index in [1.807, 2.05) is 18.2 Å². The van der Waals surface area contributed by atoms with Crippen LogP contribution < -0.4 is 10.6 Å². The molecule has 1 aliphatic rings. The Morgan fingerprint density at radius 1 is 1.26 bits per heavy atom. The van der Waals surface area contributed by atoms with E-state index in [2.05, 4.69) is 40.4 Å². The quantitative estimate of drug-likeness (QED) is 0.529. The summed E-state index contributed by atoms with van der Waals surface area (Å²) in [6.45, 7) is 7.73. The van der Waals surface area contributed by atoms with Crippen LogP contribution in [0, 0.1) is 23.1 Å². The number of halogens is 2. The van der Waals surface area contributed by atoms with Gasteiger partial charge in [0.2, 0.25) is 0 Å². The Morgan fingerprint density at radius 3 is 2.77 bits per heavy atom. The van der Waals surface area contributed by atoms with Crippen LogP contribution in [0.4, 0.5) is 21.5 Å². The third kappa shape index (κ3) is 4.58.